The number of fused-ring (bicyclic) bond motifs is 3. The van der Waals surface area contributed by atoms with Crippen LogP contribution in [0.4, 0.5) is 0 Å². The van der Waals surface area contributed by atoms with Crippen molar-refractivity contribution in [1.82, 2.24) is 0 Å². The lowest BCUT2D eigenvalue weighted by atomic mass is 9.38. The molecule has 4 rings (SSSR count). The summed E-state index contributed by atoms with van der Waals surface area (Å²) in [7, 11) is 0. The zero-order chi connectivity index (χ0) is 24.2. The first-order valence-corrected chi connectivity index (χ1v) is 12.6. The summed E-state index contributed by atoms with van der Waals surface area (Å²) >= 11 is 0. The van der Waals surface area contributed by atoms with Crippen LogP contribution in [0.15, 0.2) is 11.6 Å². The number of hydrogen-bond donors (Lipinski definition) is 1. The normalized spacial score (nSPS) is 42.9. The van der Waals surface area contributed by atoms with Gasteiger partial charge in [0.2, 0.25) is 6.29 Å². The smallest absolute Gasteiger partial charge is 0.333 e. The molecule has 8 atom stereocenters. The fourth-order valence-corrected chi connectivity index (χ4v) is 8.80. The minimum Gasteiger partial charge on any atom is -0.458 e. The molecule has 2 unspecified atom stereocenters. The third-order valence-corrected chi connectivity index (χ3v) is 10.1. The summed E-state index contributed by atoms with van der Waals surface area (Å²) in [5.41, 5.74) is 0.755. The highest BCUT2D eigenvalue weighted by Crippen LogP contribution is 2.69. The lowest BCUT2D eigenvalue weighted by Gasteiger charge is -2.66. The summed E-state index contributed by atoms with van der Waals surface area (Å²) in [6.45, 7) is 11.0. The number of esters is 2. The standard InChI is InChI=1S/C27H40O6/c1-16(29)32-20(18-13-23(30)33-24(18)31)14-19-17(15-28)7-8-22-26(19,4)12-9-21-25(2,3)10-6-11-27(21,22)5/h13,15,17,19-22,24,31H,6-12,14H2,1-5H3/t17-,19-,20-,21?,22?,24-,26+,27+/m1/s1. The van der Waals surface area contributed by atoms with Crippen LogP contribution in [-0.4, -0.2) is 35.7 Å². The Labute approximate surface area is 197 Å². The first kappa shape index (κ1) is 24.4. The van der Waals surface area contributed by atoms with Crippen molar-refractivity contribution in [2.45, 2.75) is 98.4 Å². The third-order valence-electron chi connectivity index (χ3n) is 10.1. The van der Waals surface area contributed by atoms with Crippen LogP contribution in [0.25, 0.3) is 0 Å². The van der Waals surface area contributed by atoms with Gasteiger partial charge < -0.3 is 19.4 Å². The van der Waals surface area contributed by atoms with Crippen LogP contribution >= 0.6 is 0 Å². The molecular weight excluding hydrogens is 420 g/mol. The average Bonchev–Trinajstić information content (AvgIpc) is 3.05. The second kappa shape index (κ2) is 8.51. The fraction of sp³-hybridized carbons (Fsp3) is 0.815. The van der Waals surface area contributed by atoms with Gasteiger partial charge in [-0.1, -0.05) is 34.1 Å². The Kier molecular flexibility index (Phi) is 6.30. The number of rotatable bonds is 5. The summed E-state index contributed by atoms with van der Waals surface area (Å²) in [5, 5.41) is 10.3. The number of carbonyl (C=O) groups is 3. The molecule has 0 aromatic carbocycles. The van der Waals surface area contributed by atoms with E-state index in [0.29, 0.717) is 23.7 Å². The molecule has 0 radical (unpaired) electrons. The van der Waals surface area contributed by atoms with Crippen LogP contribution in [-0.2, 0) is 23.9 Å². The van der Waals surface area contributed by atoms with E-state index in [1.807, 2.05) is 0 Å². The minimum absolute atomic E-state index is 0.00437. The van der Waals surface area contributed by atoms with E-state index in [4.69, 9.17) is 9.47 Å². The van der Waals surface area contributed by atoms with E-state index < -0.39 is 24.3 Å². The van der Waals surface area contributed by atoms with Crippen LogP contribution < -0.4 is 0 Å². The van der Waals surface area contributed by atoms with Crippen molar-refractivity contribution >= 4 is 18.2 Å². The van der Waals surface area contributed by atoms with Gasteiger partial charge in [0, 0.05) is 24.5 Å². The number of aliphatic hydroxyl groups excluding tert-OH is 1. The van der Waals surface area contributed by atoms with E-state index in [2.05, 4.69) is 27.7 Å². The quantitative estimate of drug-likeness (QED) is 0.477. The van der Waals surface area contributed by atoms with Gasteiger partial charge >= 0.3 is 11.9 Å². The molecule has 1 heterocycles. The molecule has 0 aromatic heterocycles. The molecule has 6 heteroatoms. The largest absolute Gasteiger partial charge is 0.458 e. The first-order chi connectivity index (χ1) is 15.4. The van der Waals surface area contributed by atoms with Crippen molar-refractivity contribution in [2.75, 3.05) is 0 Å². The third kappa shape index (κ3) is 4.06. The maximum absolute atomic E-state index is 12.2. The van der Waals surface area contributed by atoms with Gasteiger partial charge in [0.05, 0.1) is 0 Å². The number of aliphatic hydroxyl groups is 1. The van der Waals surface area contributed by atoms with Crippen LogP contribution in [0.3, 0.4) is 0 Å². The molecule has 1 N–H and O–H groups in total. The van der Waals surface area contributed by atoms with Crippen LogP contribution in [0.5, 0.6) is 0 Å². The van der Waals surface area contributed by atoms with Crippen molar-refractivity contribution in [3.05, 3.63) is 11.6 Å². The maximum atomic E-state index is 12.2. The van der Waals surface area contributed by atoms with Gasteiger partial charge in [-0.05, 0) is 78.9 Å². The molecule has 0 amide bonds. The van der Waals surface area contributed by atoms with E-state index in [1.54, 1.807) is 0 Å². The van der Waals surface area contributed by atoms with Gasteiger partial charge in [-0.3, -0.25) is 4.79 Å². The van der Waals surface area contributed by atoms with Crippen molar-refractivity contribution in [1.29, 1.82) is 0 Å². The Morgan fingerprint density at radius 3 is 2.48 bits per heavy atom. The molecule has 6 nitrogen and oxygen atoms in total. The molecule has 3 aliphatic carbocycles. The monoisotopic (exact) mass is 460 g/mol. The fourth-order valence-electron chi connectivity index (χ4n) is 8.80. The van der Waals surface area contributed by atoms with Gasteiger partial charge in [0.1, 0.15) is 12.4 Å². The van der Waals surface area contributed by atoms with Crippen molar-refractivity contribution in [3.63, 3.8) is 0 Å². The zero-order valence-corrected chi connectivity index (χ0v) is 20.8. The zero-order valence-electron chi connectivity index (χ0n) is 20.8. The second-order valence-electron chi connectivity index (χ2n) is 12.2. The van der Waals surface area contributed by atoms with Crippen molar-refractivity contribution < 1.29 is 29.0 Å². The highest BCUT2D eigenvalue weighted by atomic mass is 16.6. The Bertz CT molecular complexity index is 846. The molecule has 3 fully saturated rings. The molecular formula is C27H40O6. The number of aldehydes is 1. The lowest BCUT2D eigenvalue weighted by Crippen LogP contribution is -2.59. The number of cyclic esters (lactones) is 1. The summed E-state index contributed by atoms with van der Waals surface area (Å²) < 4.78 is 10.5. The second-order valence-corrected chi connectivity index (χ2v) is 12.2. The molecule has 33 heavy (non-hydrogen) atoms. The molecule has 0 bridgehead atoms. The van der Waals surface area contributed by atoms with E-state index in [9.17, 15) is 19.5 Å². The van der Waals surface area contributed by atoms with Gasteiger partial charge in [-0.25, -0.2) is 4.79 Å². The predicted molar refractivity (Wildman–Crippen MR) is 123 cm³/mol. The number of ether oxygens (including phenoxy) is 2. The SMILES string of the molecule is CC(=O)O[C@H](C[C@@H]1[C@@H](C=O)CCC2[C@@]3(C)CCCC(C)(C)C3CC[C@]21C)C1=CC(=O)O[C@H]1O. The first-order valence-electron chi connectivity index (χ1n) is 12.6. The highest BCUT2D eigenvalue weighted by Gasteiger charge is 2.62. The molecule has 1 aliphatic heterocycles. The van der Waals surface area contributed by atoms with E-state index in [1.165, 1.54) is 32.3 Å². The van der Waals surface area contributed by atoms with Gasteiger partial charge in [-0.15, -0.1) is 0 Å². The Hall–Kier alpha value is -1.69. The molecule has 0 spiro atoms. The van der Waals surface area contributed by atoms with Gasteiger partial charge in [-0.2, -0.15) is 0 Å². The lowest BCUT2D eigenvalue weighted by molar-refractivity contribution is -0.182. The molecule has 4 aliphatic rings. The Balaban J connectivity index is 1.69. The summed E-state index contributed by atoms with van der Waals surface area (Å²) in [4.78, 5) is 35.9. The molecule has 184 valence electrons. The molecule has 0 saturated heterocycles. The van der Waals surface area contributed by atoms with Gasteiger partial charge in [0.25, 0.3) is 0 Å². The van der Waals surface area contributed by atoms with E-state index in [-0.39, 0.29) is 28.2 Å². The summed E-state index contributed by atoms with van der Waals surface area (Å²) in [6, 6.07) is 0. The Morgan fingerprint density at radius 1 is 1.15 bits per heavy atom. The Morgan fingerprint density at radius 2 is 1.88 bits per heavy atom. The predicted octanol–water partition coefficient (Wildman–Crippen LogP) is 4.58. The average molecular weight is 461 g/mol. The topological polar surface area (TPSA) is 89.9 Å². The van der Waals surface area contributed by atoms with E-state index >= 15 is 0 Å². The van der Waals surface area contributed by atoms with Crippen molar-refractivity contribution in [2.24, 2.45) is 39.9 Å². The van der Waals surface area contributed by atoms with Crippen molar-refractivity contribution in [3.8, 4) is 0 Å². The summed E-state index contributed by atoms with van der Waals surface area (Å²) in [5.74, 6) is -0.0755. The summed E-state index contributed by atoms with van der Waals surface area (Å²) in [6.07, 6.45) is 8.34. The van der Waals surface area contributed by atoms with Crippen LogP contribution in [0, 0.1) is 39.9 Å². The van der Waals surface area contributed by atoms with Crippen LogP contribution in [0.2, 0.25) is 0 Å². The minimum atomic E-state index is -1.41. The highest BCUT2D eigenvalue weighted by molar-refractivity contribution is 5.86. The van der Waals surface area contributed by atoms with Crippen LogP contribution in [0.1, 0.15) is 86.0 Å². The maximum Gasteiger partial charge on any atom is 0.333 e. The molecule has 0 aromatic rings. The van der Waals surface area contributed by atoms with Gasteiger partial charge in [0.15, 0.2) is 0 Å². The number of carbonyl (C=O) groups excluding carboxylic acids is 3. The van der Waals surface area contributed by atoms with E-state index in [0.717, 1.165) is 32.0 Å². The number of hydrogen-bond acceptors (Lipinski definition) is 6. The molecule has 3 saturated carbocycles.